The van der Waals surface area contributed by atoms with Gasteiger partial charge in [-0.25, -0.2) is 0 Å². The topological polar surface area (TPSA) is 63.3 Å². The molecule has 3 nitrogen and oxygen atoms in total. The monoisotopic (exact) mass is 211 g/mol. The molecule has 86 valence electrons. The maximum absolute atomic E-state index is 10.9. The van der Waals surface area contributed by atoms with Crippen LogP contribution in [0.3, 0.4) is 0 Å². The molecule has 0 heterocycles. The molecule has 2 aliphatic carbocycles. The summed E-state index contributed by atoms with van der Waals surface area (Å²) in [6.45, 7) is 5.12. The van der Waals surface area contributed by atoms with Crippen LogP contribution in [0.1, 0.15) is 33.1 Å². The van der Waals surface area contributed by atoms with E-state index in [2.05, 4.69) is 13.8 Å². The third-order valence-corrected chi connectivity index (χ3v) is 5.03. The van der Waals surface area contributed by atoms with Gasteiger partial charge < -0.3 is 10.8 Å². The van der Waals surface area contributed by atoms with Crippen LogP contribution in [0.4, 0.5) is 0 Å². The van der Waals surface area contributed by atoms with E-state index in [9.17, 15) is 4.79 Å². The van der Waals surface area contributed by atoms with E-state index in [-0.39, 0.29) is 11.8 Å². The van der Waals surface area contributed by atoms with E-state index in [0.29, 0.717) is 6.54 Å². The predicted molar refractivity (Wildman–Crippen MR) is 58.3 cm³/mol. The SMILES string of the molecule is CC1C(C)C2CC(CN)(CC(=O)O)CC12. The third-order valence-electron chi connectivity index (χ3n) is 5.03. The van der Waals surface area contributed by atoms with E-state index >= 15 is 0 Å². The molecule has 0 aliphatic heterocycles. The molecule has 0 amide bonds. The summed E-state index contributed by atoms with van der Waals surface area (Å²) in [7, 11) is 0. The largest absolute Gasteiger partial charge is 0.481 e. The molecule has 2 saturated carbocycles. The Balaban J connectivity index is 2.08. The van der Waals surface area contributed by atoms with Crippen molar-refractivity contribution in [2.24, 2.45) is 34.8 Å². The zero-order valence-electron chi connectivity index (χ0n) is 9.57. The second-order valence-electron chi connectivity index (χ2n) is 5.73. The molecule has 3 N–H and O–H groups in total. The minimum atomic E-state index is -0.693. The highest BCUT2D eigenvalue weighted by molar-refractivity contribution is 5.67. The lowest BCUT2D eigenvalue weighted by molar-refractivity contribution is -0.139. The average molecular weight is 211 g/mol. The van der Waals surface area contributed by atoms with Crippen molar-refractivity contribution >= 4 is 5.97 Å². The van der Waals surface area contributed by atoms with Crippen LogP contribution in [0.25, 0.3) is 0 Å². The van der Waals surface area contributed by atoms with Gasteiger partial charge in [0.25, 0.3) is 0 Å². The van der Waals surface area contributed by atoms with Gasteiger partial charge in [0.2, 0.25) is 0 Å². The van der Waals surface area contributed by atoms with Gasteiger partial charge in [-0.15, -0.1) is 0 Å². The zero-order valence-corrected chi connectivity index (χ0v) is 9.57. The minimum absolute atomic E-state index is 0.0970. The van der Waals surface area contributed by atoms with E-state index in [1.807, 2.05) is 0 Å². The summed E-state index contributed by atoms with van der Waals surface area (Å²) in [5.74, 6) is 2.31. The molecule has 3 heteroatoms. The summed E-state index contributed by atoms with van der Waals surface area (Å²) in [6, 6.07) is 0. The van der Waals surface area contributed by atoms with Gasteiger partial charge >= 0.3 is 5.97 Å². The molecular weight excluding hydrogens is 190 g/mol. The highest BCUT2D eigenvalue weighted by Crippen LogP contribution is 2.61. The number of carbonyl (C=O) groups is 1. The molecule has 0 spiro atoms. The maximum Gasteiger partial charge on any atom is 0.303 e. The van der Waals surface area contributed by atoms with Crippen LogP contribution in [-0.2, 0) is 4.79 Å². The van der Waals surface area contributed by atoms with E-state index in [1.165, 1.54) is 0 Å². The van der Waals surface area contributed by atoms with E-state index in [1.54, 1.807) is 0 Å². The van der Waals surface area contributed by atoms with Gasteiger partial charge in [-0.2, -0.15) is 0 Å². The number of carboxylic acids is 1. The Morgan fingerprint density at radius 3 is 2.13 bits per heavy atom. The van der Waals surface area contributed by atoms with E-state index in [4.69, 9.17) is 10.8 Å². The van der Waals surface area contributed by atoms with Crippen molar-refractivity contribution in [3.8, 4) is 0 Å². The quantitative estimate of drug-likeness (QED) is 0.747. The Morgan fingerprint density at radius 1 is 1.33 bits per heavy atom. The molecule has 0 aromatic heterocycles. The second kappa shape index (κ2) is 3.48. The van der Waals surface area contributed by atoms with Gasteiger partial charge in [0.05, 0.1) is 6.42 Å². The Labute approximate surface area is 91.0 Å². The van der Waals surface area contributed by atoms with Crippen LogP contribution in [0, 0.1) is 29.1 Å². The fraction of sp³-hybridized carbons (Fsp3) is 0.917. The number of rotatable bonds is 3. The number of fused-ring (bicyclic) bond motifs is 1. The first-order valence-electron chi connectivity index (χ1n) is 5.91. The zero-order chi connectivity index (χ0) is 11.2. The van der Waals surface area contributed by atoms with Crippen molar-refractivity contribution in [3.63, 3.8) is 0 Å². The third kappa shape index (κ3) is 1.57. The maximum atomic E-state index is 10.9. The summed E-state index contributed by atoms with van der Waals surface area (Å²) in [5, 5.41) is 8.94. The van der Waals surface area contributed by atoms with Gasteiger partial charge in [0, 0.05) is 0 Å². The van der Waals surface area contributed by atoms with Gasteiger partial charge in [-0.05, 0) is 48.5 Å². The van der Waals surface area contributed by atoms with Crippen molar-refractivity contribution in [2.75, 3.05) is 6.54 Å². The summed E-state index contributed by atoms with van der Waals surface area (Å²) in [4.78, 5) is 10.9. The Hall–Kier alpha value is -0.570. The second-order valence-corrected chi connectivity index (χ2v) is 5.73. The molecule has 2 fully saturated rings. The van der Waals surface area contributed by atoms with Crippen molar-refractivity contribution in [2.45, 2.75) is 33.1 Å². The molecule has 0 bridgehead atoms. The van der Waals surface area contributed by atoms with Crippen LogP contribution >= 0.6 is 0 Å². The van der Waals surface area contributed by atoms with Crippen molar-refractivity contribution in [1.82, 2.24) is 0 Å². The van der Waals surface area contributed by atoms with E-state index < -0.39 is 5.97 Å². The summed E-state index contributed by atoms with van der Waals surface area (Å²) in [6.07, 6.45) is 2.33. The number of hydrogen-bond donors (Lipinski definition) is 2. The smallest absolute Gasteiger partial charge is 0.303 e. The fourth-order valence-electron chi connectivity index (χ4n) is 3.88. The first-order valence-corrected chi connectivity index (χ1v) is 5.91. The first kappa shape index (κ1) is 10.9. The normalized spacial score (nSPS) is 48.5. The molecule has 0 radical (unpaired) electrons. The van der Waals surface area contributed by atoms with Gasteiger partial charge in [0.1, 0.15) is 0 Å². The molecule has 0 saturated heterocycles. The molecule has 2 rings (SSSR count). The van der Waals surface area contributed by atoms with Crippen LogP contribution < -0.4 is 5.73 Å². The molecule has 4 unspecified atom stereocenters. The van der Waals surface area contributed by atoms with Gasteiger partial charge in [-0.3, -0.25) is 4.79 Å². The minimum Gasteiger partial charge on any atom is -0.481 e. The Morgan fingerprint density at radius 2 is 1.80 bits per heavy atom. The fourth-order valence-corrected chi connectivity index (χ4v) is 3.88. The summed E-state index contributed by atoms with van der Waals surface area (Å²) in [5.41, 5.74) is 5.70. The highest BCUT2D eigenvalue weighted by Gasteiger charge is 2.56. The molecular formula is C12H21NO2. The number of hydrogen-bond acceptors (Lipinski definition) is 2. The van der Waals surface area contributed by atoms with Crippen LogP contribution in [0.5, 0.6) is 0 Å². The lowest BCUT2D eigenvalue weighted by atomic mass is 9.60. The highest BCUT2D eigenvalue weighted by atomic mass is 16.4. The van der Waals surface area contributed by atoms with Crippen molar-refractivity contribution < 1.29 is 9.90 Å². The van der Waals surface area contributed by atoms with Gasteiger partial charge in [-0.1, -0.05) is 13.8 Å². The van der Waals surface area contributed by atoms with Crippen LogP contribution in [0.2, 0.25) is 0 Å². The molecule has 4 atom stereocenters. The standard InChI is InChI=1S/C12H21NO2/c1-7-8(2)10-4-12(6-13,3-9(7)10)5-11(14)15/h7-10H,3-6,13H2,1-2H3,(H,14,15). The van der Waals surface area contributed by atoms with Crippen molar-refractivity contribution in [3.05, 3.63) is 0 Å². The number of aliphatic carboxylic acids is 1. The van der Waals surface area contributed by atoms with Crippen molar-refractivity contribution in [1.29, 1.82) is 0 Å². The average Bonchev–Trinajstić information content (AvgIpc) is 2.53. The lowest BCUT2D eigenvalue weighted by Gasteiger charge is -2.45. The number of carboxylic acid groups (broad SMARTS) is 1. The first-order chi connectivity index (χ1) is 6.99. The summed E-state index contributed by atoms with van der Waals surface area (Å²) < 4.78 is 0. The molecule has 0 aromatic carbocycles. The lowest BCUT2D eigenvalue weighted by Crippen LogP contribution is -2.39. The van der Waals surface area contributed by atoms with Gasteiger partial charge in [0.15, 0.2) is 0 Å². The predicted octanol–water partition coefficient (Wildman–Crippen LogP) is 1.72. The Bertz CT molecular complexity index is 261. The van der Waals surface area contributed by atoms with E-state index in [0.717, 1.165) is 36.5 Å². The molecule has 2 aliphatic rings. The number of nitrogens with two attached hydrogens (primary N) is 1. The van der Waals surface area contributed by atoms with Crippen LogP contribution in [-0.4, -0.2) is 17.6 Å². The Kier molecular flexibility index (Phi) is 2.53. The molecule has 15 heavy (non-hydrogen) atoms. The summed E-state index contributed by atoms with van der Waals surface area (Å²) >= 11 is 0. The molecule has 0 aromatic rings. The van der Waals surface area contributed by atoms with Crippen LogP contribution in [0.15, 0.2) is 0 Å².